The van der Waals surface area contributed by atoms with Crippen LogP contribution < -0.4 is 10.3 Å². The number of hydrogen-bond acceptors (Lipinski definition) is 4. The zero-order valence-corrected chi connectivity index (χ0v) is 15.0. The number of aromatic nitrogens is 3. The molecule has 0 amide bonds. The highest BCUT2D eigenvalue weighted by atomic mass is 35.5. The Hall–Kier alpha value is -2.64. The standard InChI is InChI=1S/C18H17ClFN3O3/c1-23-10-11(9-21-23)17-15(19)8-14(18(24)22-17)13-4-3-12(20)7-16(13)26-6-5-25-2/h3-4,7-10H,5-6H2,1-2H3,(H,22,24). The van der Waals surface area contributed by atoms with Gasteiger partial charge in [0.15, 0.2) is 0 Å². The highest BCUT2D eigenvalue weighted by Gasteiger charge is 2.16. The van der Waals surface area contributed by atoms with Gasteiger partial charge in [0.05, 0.1) is 29.1 Å². The zero-order valence-electron chi connectivity index (χ0n) is 14.3. The minimum absolute atomic E-state index is 0.229. The number of rotatable bonds is 6. The number of ether oxygens (including phenoxy) is 2. The van der Waals surface area contributed by atoms with Crippen molar-refractivity contribution in [3.63, 3.8) is 0 Å². The zero-order chi connectivity index (χ0) is 18.7. The molecular formula is C18H17ClFN3O3. The fraction of sp³-hybridized carbons (Fsp3) is 0.222. The van der Waals surface area contributed by atoms with E-state index in [4.69, 9.17) is 21.1 Å². The van der Waals surface area contributed by atoms with Crippen LogP contribution in [0.4, 0.5) is 4.39 Å². The van der Waals surface area contributed by atoms with Crippen LogP contribution in [0, 0.1) is 5.82 Å². The second kappa shape index (κ2) is 7.72. The maximum Gasteiger partial charge on any atom is 0.256 e. The van der Waals surface area contributed by atoms with Crippen molar-refractivity contribution in [3.8, 4) is 28.1 Å². The highest BCUT2D eigenvalue weighted by molar-refractivity contribution is 6.33. The van der Waals surface area contributed by atoms with Gasteiger partial charge in [0.1, 0.15) is 18.2 Å². The summed E-state index contributed by atoms with van der Waals surface area (Å²) in [6, 6.07) is 5.52. The van der Waals surface area contributed by atoms with Crippen LogP contribution in [0.5, 0.6) is 5.75 Å². The normalized spacial score (nSPS) is 10.9. The van der Waals surface area contributed by atoms with Crippen LogP contribution in [0.3, 0.4) is 0 Å². The van der Waals surface area contributed by atoms with Gasteiger partial charge >= 0.3 is 0 Å². The summed E-state index contributed by atoms with van der Waals surface area (Å²) in [5.74, 6) is -0.214. The van der Waals surface area contributed by atoms with Crippen molar-refractivity contribution < 1.29 is 13.9 Å². The van der Waals surface area contributed by atoms with Gasteiger partial charge in [0.2, 0.25) is 0 Å². The Morgan fingerprint density at radius 1 is 1.27 bits per heavy atom. The molecule has 1 N–H and O–H groups in total. The Labute approximate surface area is 154 Å². The van der Waals surface area contributed by atoms with E-state index in [2.05, 4.69) is 10.1 Å². The van der Waals surface area contributed by atoms with E-state index < -0.39 is 5.82 Å². The molecule has 0 aliphatic heterocycles. The second-order valence-electron chi connectivity index (χ2n) is 5.62. The molecule has 0 saturated carbocycles. The van der Waals surface area contributed by atoms with Gasteiger partial charge in [0.25, 0.3) is 5.56 Å². The Kier molecular flexibility index (Phi) is 5.39. The topological polar surface area (TPSA) is 69.1 Å². The fourth-order valence-electron chi connectivity index (χ4n) is 2.54. The Morgan fingerprint density at radius 3 is 2.77 bits per heavy atom. The number of halogens is 2. The van der Waals surface area contributed by atoms with Crippen LogP contribution in [0.15, 0.2) is 41.5 Å². The van der Waals surface area contributed by atoms with Gasteiger partial charge in [-0.2, -0.15) is 5.10 Å². The molecule has 0 unspecified atom stereocenters. The summed E-state index contributed by atoms with van der Waals surface area (Å²) in [4.78, 5) is 15.4. The van der Waals surface area contributed by atoms with Gasteiger partial charge in [-0.15, -0.1) is 0 Å². The number of pyridine rings is 1. The lowest BCUT2D eigenvalue weighted by Gasteiger charge is -2.12. The first-order valence-corrected chi connectivity index (χ1v) is 8.21. The van der Waals surface area contributed by atoms with Gasteiger partial charge in [-0.25, -0.2) is 4.39 Å². The number of nitrogens with zero attached hydrogens (tertiary/aromatic N) is 2. The van der Waals surface area contributed by atoms with Crippen molar-refractivity contribution in [2.24, 2.45) is 7.05 Å². The summed E-state index contributed by atoms with van der Waals surface area (Å²) in [5, 5.41) is 4.42. The largest absolute Gasteiger partial charge is 0.490 e. The van der Waals surface area contributed by atoms with E-state index >= 15 is 0 Å². The molecule has 3 aromatic rings. The molecule has 2 aromatic heterocycles. The van der Waals surface area contributed by atoms with E-state index in [9.17, 15) is 9.18 Å². The Bertz CT molecular complexity index is 984. The van der Waals surface area contributed by atoms with E-state index in [0.717, 1.165) is 0 Å². The summed E-state index contributed by atoms with van der Waals surface area (Å²) in [6.45, 7) is 0.569. The van der Waals surface area contributed by atoms with E-state index in [0.29, 0.717) is 28.5 Å². The Balaban J connectivity index is 2.05. The molecule has 0 aliphatic rings. The molecule has 0 bridgehead atoms. The van der Waals surface area contributed by atoms with E-state index in [1.165, 1.54) is 25.3 Å². The van der Waals surface area contributed by atoms with Crippen molar-refractivity contribution >= 4 is 11.6 Å². The lowest BCUT2D eigenvalue weighted by Crippen LogP contribution is -2.12. The predicted octanol–water partition coefficient (Wildman–Crippen LogP) is 3.26. The molecule has 0 atom stereocenters. The maximum atomic E-state index is 13.6. The third-order valence-corrected chi connectivity index (χ3v) is 4.06. The number of nitrogens with one attached hydrogen (secondary N) is 1. The highest BCUT2D eigenvalue weighted by Crippen LogP contribution is 2.32. The van der Waals surface area contributed by atoms with Crippen molar-refractivity contribution in [2.75, 3.05) is 20.3 Å². The summed E-state index contributed by atoms with van der Waals surface area (Å²) in [6.07, 6.45) is 3.35. The molecule has 3 rings (SSSR count). The molecular weight excluding hydrogens is 361 g/mol. The summed E-state index contributed by atoms with van der Waals surface area (Å²) < 4.78 is 25.7. The molecule has 2 heterocycles. The summed E-state index contributed by atoms with van der Waals surface area (Å²) in [7, 11) is 3.31. The number of hydrogen-bond donors (Lipinski definition) is 1. The molecule has 1 aromatic carbocycles. The van der Waals surface area contributed by atoms with E-state index in [1.54, 1.807) is 30.2 Å². The van der Waals surface area contributed by atoms with Crippen LogP contribution in [0.25, 0.3) is 22.4 Å². The molecule has 136 valence electrons. The molecule has 8 heteroatoms. The molecule has 6 nitrogen and oxygen atoms in total. The van der Waals surface area contributed by atoms with Gasteiger partial charge < -0.3 is 14.5 Å². The molecule has 26 heavy (non-hydrogen) atoms. The number of aryl methyl sites for hydroxylation is 1. The third-order valence-electron chi connectivity index (χ3n) is 3.77. The third kappa shape index (κ3) is 3.79. The first-order valence-electron chi connectivity index (χ1n) is 7.83. The minimum atomic E-state index is -0.462. The average Bonchev–Trinajstić information content (AvgIpc) is 3.03. The molecule has 0 spiro atoms. The summed E-state index contributed by atoms with van der Waals surface area (Å²) in [5.41, 5.74) is 1.53. The van der Waals surface area contributed by atoms with Gasteiger partial charge in [-0.3, -0.25) is 9.48 Å². The Morgan fingerprint density at radius 2 is 2.08 bits per heavy atom. The maximum absolute atomic E-state index is 13.6. The van der Waals surface area contributed by atoms with Gasteiger partial charge in [-0.05, 0) is 18.2 Å². The van der Waals surface area contributed by atoms with Crippen molar-refractivity contribution in [1.29, 1.82) is 0 Å². The van der Waals surface area contributed by atoms with Crippen LogP contribution >= 0.6 is 11.6 Å². The summed E-state index contributed by atoms with van der Waals surface area (Å²) >= 11 is 6.36. The fourth-order valence-corrected chi connectivity index (χ4v) is 2.80. The monoisotopic (exact) mass is 377 g/mol. The molecule has 0 fully saturated rings. The van der Waals surface area contributed by atoms with E-state index in [-0.39, 0.29) is 23.5 Å². The van der Waals surface area contributed by atoms with Crippen LogP contribution in [0.2, 0.25) is 5.02 Å². The number of methoxy groups -OCH3 is 1. The van der Waals surface area contributed by atoms with Crippen molar-refractivity contribution in [3.05, 3.63) is 57.9 Å². The van der Waals surface area contributed by atoms with Crippen molar-refractivity contribution in [2.45, 2.75) is 0 Å². The van der Waals surface area contributed by atoms with Crippen LogP contribution in [0.1, 0.15) is 0 Å². The van der Waals surface area contributed by atoms with Gasteiger partial charge in [-0.1, -0.05) is 11.6 Å². The number of H-pyrrole nitrogens is 1. The van der Waals surface area contributed by atoms with Gasteiger partial charge in [0, 0.05) is 37.5 Å². The van der Waals surface area contributed by atoms with Crippen LogP contribution in [-0.4, -0.2) is 35.1 Å². The number of aromatic amines is 1. The van der Waals surface area contributed by atoms with Crippen molar-refractivity contribution in [1.82, 2.24) is 14.8 Å². The molecule has 0 radical (unpaired) electrons. The predicted molar refractivity (Wildman–Crippen MR) is 97.0 cm³/mol. The minimum Gasteiger partial charge on any atom is -0.490 e. The average molecular weight is 378 g/mol. The lowest BCUT2D eigenvalue weighted by atomic mass is 10.0. The second-order valence-corrected chi connectivity index (χ2v) is 6.03. The van der Waals surface area contributed by atoms with Crippen LogP contribution in [-0.2, 0) is 11.8 Å². The quantitative estimate of drug-likeness (QED) is 0.669. The smallest absolute Gasteiger partial charge is 0.256 e. The lowest BCUT2D eigenvalue weighted by molar-refractivity contribution is 0.146. The number of benzene rings is 1. The van der Waals surface area contributed by atoms with E-state index in [1.807, 2.05) is 0 Å². The first-order chi connectivity index (χ1) is 12.5. The first kappa shape index (κ1) is 18.2. The molecule has 0 aliphatic carbocycles. The molecule has 0 saturated heterocycles. The SMILES string of the molecule is COCCOc1cc(F)ccc1-c1cc(Cl)c(-c2cnn(C)c2)[nH]c1=O.